The van der Waals surface area contributed by atoms with Gasteiger partial charge in [-0.2, -0.15) is 0 Å². The fourth-order valence-corrected chi connectivity index (χ4v) is 0. The van der Waals surface area contributed by atoms with Crippen LogP contribution in [0.2, 0.25) is 0 Å². The van der Waals surface area contributed by atoms with E-state index in [9.17, 15) is 4.79 Å². The molecule has 0 aromatic heterocycles. The summed E-state index contributed by atoms with van der Waals surface area (Å²) in [6.45, 7) is 1.72. The van der Waals surface area contributed by atoms with Crippen molar-refractivity contribution in [1.29, 1.82) is 0 Å². The number of carbonyl (C=O) groups is 1. The number of nitrogens with two attached hydrogens (primary N) is 1. The summed E-state index contributed by atoms with van der Waals surface area (Å²) < 4.78 is 0. The molecule has 0 heterocycles. The van der Waals surface area contributed by atoms with Crippen LogP contribution in [-0.2, 0) is 4.79 Å². The van der Waals surface area contributed by atoms with E-state index < -0.39 is 0 Å². The second-order valence-electron chi connectivity index (χ2n) is 1.32. The van der Waals surface area contributed by atoms with Crippen molar-refractivity contribution in [2.75, 3.05) is 14.1 Å². The van der Waals surface area contributed by atoms with E-state index in [2.05, 4.69) is 11.1 Å². The van der Waals surface area contributed by atoms with Crippen LogP contribution < -0.4 is 11.1 Å². The SMILES string of the molecule is CCC(N)=O.CNC.[LiH]. The topological polar surface area (TPSA) is 55.1 Å². The fraction of sp³-hybridized carbons (Fsp3) is 0.800. The molecule has 0 atom stereocenters. The third kappa shape index (κ3) is 71.0. The molecule has 0 saturated carbocycles. The van der Waals surface area contributed by atoms with Gasteiger partial charge in [0.05, 0.1) is 0 Å². The molecule has 0 fully saturated rings. The predicted molar refractivity (Wildman–Crippen MR) is 41.6 cm³/mol. The number of nitrogens with one attached hydrogen (secondary N) is 1. The minimum atomic E-state index is -0.245. The Morgan fingerprint density at radius 1 is 1.56 bits per heavy atom. The van der Waals surface area contributed by atoms with Crippen molar-refractivity contribution in [3.63, 3.8) is 0 Å². The van der Waals surface area contributed by atoms with Crippen molar-refractivity contribution in [3.05, 3.63) is 0 Å². The Balaban J connectivity index is -0.0000000800. The number of primary amides is 1. The molecule has 0 aromatic rings. The quantitative estimate of drug-likeness (QED) is 0.446. The molecule has 0 saturated heterocycles. The molecule has 9 heavy (non-hydrogen) atoms. The van der Waals surface area contributed by atoms with E-state index in [0.29, 0.717) is 6.42 Å². The molecule has 0 aliphatic carbocycles. The van der Waals surface area contributed by atoms with Gasteiger partial charge in [0.2, 0.25) is 5.91 Å². The Kier molecular flexibility index (Phi) is 27.9. The summed E-state index contributed by atoms with van der Waals surface area (Å²) in [4.78, 5) is 9.59. The molecule has 0 bridgehead atoms. The molecule has 0 aliphatic heterocycles. The van der Waals surface area contributed by atoms with Crippen molar-refractivity contribution in [2.24, 2.45) is 5.73 Å². The third-order valence-corrected chi connectivity index (χ3v) is 0.348. The number of carbonyl (C=O) groups excluding carboxylic acids is 1. The van der Waals surface area contributed by atoms with Crippen molar-refractivity contribution in [1.82, 2.24) is 5.32 Å². The van der Waals surface area contributed by atoms with E-state index in [1.165, 1.54) is 0 Å². The summed E-state index contributed by atoms with van der Waals surface area (Å²) >= 11 is 0. The zero-order chi connectivity index (χ0) is 6.99. The van der Waals surface area contributed by atoms with Gasteiger partial charge in [0, 0.05) is 6.42 Å². The zero-order valence-electron chi connectivity index (χ0n) is 5.69. The molecular weight excluding hydrogens is 111 g/mol. The van der Waals surface area contributed by atoms with E-state index in [1.54, 1.807) is 6.92 Å². The Morgan fingerprint density at radius 3 is 1.67 bits per heavy atom. The average molecular weight is 126 g/mol. The minimum absolute atomic E-state index is 0. The van der Waals surface area contributed by atoms with Gasteiger partial charge in [-0.15, -0.1) is 0 Å². The molecule has 0 rings (SSSR count). The molecule has 0 aliphatic rings. The second kappa shape index (κ2) is 15.7. The molecule has 3 nitrogen and oxygen atoms in total. The predicted octanol–water partition coefficient (Wildman–Crippen LogP) is -0.931. The number of hydrogen-bond donors (Lipinski definition) is 2. The summed E-state index contributed by atoms with van der Waals surface area (Å²) in [5.74, 6) is -0.245. The Bertz CT molecular complexity index is 58.9. The van der Waals surface area contributed by atoms with Gasteiger partial charge in [-0.25, -0.2) is 0 Å². The van der Waals surface area contributed by atoms with Crippen molar-refractivity contribution < 1.29 is 4.79 Å². The number of rotatable bonds is 1. The van der Waals surface area contributed by atoms with Crippen molar-refractivity contribution in [3.8, 4) is 0 Å². The van der Waals surface area contributed by atoms with Crippen molar-refractivity contribution in [2.45, 2.75) is 13.3 Å². The Hall–Kier alpha value is 0.0274. The summed E-state index contributed by atoms with van der Waals surface area (Å²) in [6, 6.07) is 0. The molecule has 52 valence electrons. The van der Waals surface area contributed by atoms with Gasteiger partial charge in [0.25, 0.3) is 0 Å². The van der Waals surface area contributed by atoms with Gasteiger partial charge in [-0.1, -0.05) is 6.92 Å². The molecule has 3 N–H and O–H groups in total. The van der Waals surface area contributed by atoms with Crippen LogP contribution in [0.5, 0.6) is 0 Å². The van der Waals surface area contributed by atoms with Gasteiger partial charge in [-0.3, -0.25) is 4.79 Å². The first-order chi connectivity index (χ1) is 3.68. The van der Waals surface area contributed by atoms with Gasteiger partial charge >= 0.3 is 18.9 Å². The summed E-state index contributed by atoms with van der Waals surface area (Å²) in [5, 5.41) is 2.75. The van der Waals surface area contributed by atoms with E-state index in [1.807, 2.05) is 14.1 Å². The zero-order valence-corrected chi connectivity index (χ0v) is 5.69. The molecule has 4 heteroatoms. The monoisotopic (exact) mass is 126 g/mol. The van der Waals surface area contributed by atoms with Crippen LogP contribution in [0.4, 0.5) is 0 Å². The van der Waals surface area contributed by atoms with E-state index in [-0.39, 0.29) is 24.8 Å². The van der Waals surface area contributed by atoms with Gasteiger partial charge in [0.1, 0.15) is 0 Å². The summed E-state index contributed by atoms with van der Waals surface area (Å²) in [6.07, 6.45) is 0.444. The van der Waals surface area contributed by atoms with Crippen LogP contribution in [-0.4, -0.2) is 38.9 Å². The van der Waals surface area contributed by atoms with Crippen LogP contribution >= 0.6 is 0 Å². The summed E-state index contributed by atoms with van der Waals surface area (Å²) in [5.41, 5.74) is 4.65. The maximum absolute atomic E-state index is 9.59. The van der Waals surface area contributed by atoms with E-state index >= 15 is 0 Å². The van der Waals surface area contributed by atoms with E-state index in [4.69, 9.17) is 0 Å². The van der Waals surface area contributed by atoms with Crippen LogP contribution in [0.15, 0.2) is 0 Å². The summed E-state index contributed by atoms with van der Waals surface area (Å²) in [7, 11) is 3.75. The van der Waals surface area contributed by atoms with Crippen LogP contribution in [0.3, 0.4) is 0 Å². The van der Waals surface area contributed by atoms with Gasteiger partial charge in [0.15, 0.2) is 0 Å². The second-order valence-corrected chi connectivity index (χ2v) is 1.32. The Labute approximate surface area is 68.6 Å². The Morgan fingerprint density at radius 2 is 1.67 bits per heavy atom. The molecule has 0 unspecified atom stereocenters. The van der Waals surface area contributed by atoms with Gasteiger partial charge < -0.3 is 11.1 Å². The number of hydrogen-bond acceptors (Lipinski definition) is 2. The first kappa shape index (κ1) is 16.0. The molecular formula is C5H15LiN2O. The van der Waals surface area contributed by atoms with E-state index in [0.717, 1.165) is 0 Å². The number of amides is 1. The molecule has 0 radical (unpaired) electrons. The standard InChI is InChI=1S/C3H7NO.C2H7N.Li.H/c1-2-3(4)5;1-3-2;;/h2H2,1H3,(H2,4,5);3H,1-2H3;;. The van der Waals surface area contributed by atoms with Crippen LogP contribution in [0.25, 0.3) is 0 Å². The van der Waals surface area contributed by atoms with Crippen LogP contribution in [0, 0.1) is 0 Å². The first-order valence-corrected chi connectivity index (χ1v) is 2.55. The fourth-order valence-electron chi connectivity index (χ4n) is 0. The van der Waals surface area contributed by atoms with Crippen LogP contribution in [0.1, 0.15) is 13.3 Å². The van der Waals surface area contributed by atoms with Gasteiger partial charge in [-0.05, 0) is 14.1 Å². The molecule has 1 amide bonds. The third-order valence-electron chi connectivity index (χ3n) is 0.348. The first-order valence-electron chi connectivity index (χ1n) is 2.55. The molecule has 0 aromatic carbocycles. The molecule has 0 spiro atoms. The maximum atomic E-state index is 9.59. The van der Waals surface area contributed by atoms with Crippen molar-refractivity contribution >= 4 is 24.8 Å². The normalized spacial score (nSPS) is 6.11. The average Bonchev–Trinajstić information content (AvgIpc) is 1.69.